The van der Waals surface area contributed by atoms with E-state index in [1.807, 2.05) is 13.8 Å². The van der Waals surface area contributed by atoms with Crippen LogP contribution in [0.25, 0.3) is 0 Å². The second-order valence-electron chi connectivity index (χ2n) is 6.08. The second kappa shape index (κ2) is 8.60. The maximum absolute atomic E-state index is 12.4. The molecule has 0 aliphatic carbocycles. The average molecular weight is 354 g/mol. The third kappa shape index (κ3) is 4.55. The Bertz CT molecular complexity index is 634. The molecule has 1 amide bonds. The quantitative estimate of drug-likeness (QED) is 0.697. The van der Waals surface area contributed by atoms with Gasteiger partial charge in [0.1, 0.15) is 0 Å². The lowest BCUT2D eigenvalue weighted by molar-refractivity contribution is -0.886. The summed E-state index contributed by atoms with van der Waals surface area (Å²) in [6.07, 6.45) is 2.54. The molecule has 0 radical (unpaired) electrons. The standard InChI is InChI=1S/C17H27N3O3S/c1-3-20(4-2)24(22,23)16-9-7-15(8-10-16)17(21)18-11-14-19-12-5-6-13-19/h7-10H,3-6,11-14H2,1-2H3,(H,18,21)/p+1. The molecule has 0 aromatic heterocycles. The fourth-order valence-corrected chi connectivity index (χ4v) is 4.53. The maximum Gasteiger partial charge on any atom is 0.251 e. The van der Waals surface area contributed by atoms with E-state index in [-0.39, 0.29) is 10.8 Å². The molecule has 1 aromatic carbocycles. The van der Waals surface area contributed by atoms with Crippen molar-refractivity contribution in [3.8, 4) is 0 Å². The number of rotatable bonds is 8. The van der Waals surface area contributed by atoms with Gasteiger partial charge in [-0.3, -0.25) is 4.79 Å². The highest BCUT2D eigenvalue weighted by atomic mass is 32.2. The topological polar surface area (TPSA) is 70.9 Å². The van der Waals surface area contributed by atoms with Crippen LogP contribution in [-0.4, -0.2) is 57.9 Å². The third-order valence-corrected chi connectivity index (χ3v) is 6.60. The molecule has 2 N–H and O–H groups in total. The monoisotopic (exact) mass is 354 g/mol. The summed E-state index contributed by atoms with van der Waals surface area (Å²) in [6, 6.07) is 6.17. The lowest BCUT2D eigenvalue weighted by Crippen LogP contribution is -3.10. The second-order valence-corrected chi connectivity index (χ2v) is 8.01. The first kappa shape index (κ1) is 18.9. The lowest BCUT2D eigenvalue weighted by atomic mass is 10.2. The fraction of sp³-hybridized carbons (Fsp3) is 0.588. The molecule has 1 saturated heterocycles. The first-order valence-corrected chi connectivity index (χ1v) is 10.1. The van der Waals surface area contributed by atoms with Crippen molar-refractivity contribution in [3.63, 3.8) is 0 Å². The molecule has 134 valence electrons. The number of nitrogens with zero attached hydrogens (tertiary/aromatic N) is 1. The molecule has 2 rings (SSSR count). The molecule has 6 nitrogen and oxygen atoms in total. The van der Waals surface area contributed by atoms with E-state index >= 15 is 0 Å². The Hall–Kier alpha value is -1.44. The summed E-state index contributed by atoms with van der Waals surface area (Å²) in [4.78, 5) is 13.9. The lowest BCUT2D eigenvalue weighted by Gasteiger charge is -2.18. The van der Waals surface area contributed by atoms with E-state index in [1.54, 1.807) is 12.1 Å². The Morgan fingerprint density at radius 1 is 1.12 bits per heavy atom. The van der Waals surface area contributed by atoms with Crippen LogP contribution in [-0.2, 0) is 10.0 Å². The Balaban J connectivity index is 1.94. The molecule has 1 aromatic rings. The largest absolute Gasteiger partial charge is 0.346 e. The van der Waals surface area contributed by atoms with Crippen molar-refractivity contribution in [2.45, 2.75) is 31.6 Å². The minimum absolute atomic E-state index is 0.152. The van der Waals surface area contributed by atoms with Gasteiger partial charge in [-0.2, -0.15) is 4.31 Å². The molecule has 0 unspecified atom stereocenters. The van der Waals surface area contributed by atoms with Crippen LogP contribution in [0.1, 0.15) is 37.0 Å². The Morgan fingerprint density at radius 2 is 1.71 bits per heavy atom. The van der Waals surface area contributed by atoms with Crippen molar-refractivity contribution >= 4 is 15.9 Å². The number of quaternary nitrogens is 1. The van der Waals surface area contributed by atoms with Gasteiger partial charge in [-0.15, -0.1) is 0 Å². The van der Waals surface area contributed by atoms with Crippen LogP contribution >= 0.6 is 0 Å². The van der Waals surface area contributed by atoms with Crippen LogP contribution in [0.15, 0.2) is 29.2 Å². The predicted molar refractivity (Wildman–Crippen MR) is 93.7 cm³/mol. The van der Waals surface area contributed by atoms with Crippen molar-refractivity contribution in [2.75, 3.05) is 39.3 Å². The van der Waals surface area contributed by atoms with Crippen LogP contribution in [0, 0.1) is 0 Å². The zero-order valence-corrected chi connectivity index (χ0v) is 15.4. The van der Waals surface area contributed by atoms with E-state index in [0.717, 1.165) is 6.54 Å². The molecular formula is C17H28N3O3S+. The Kier molecular flexibility index (Phi) is 6.77. The van der Waals surface area contributed by atoms with Crippen molar-refractivity contribution in [2.24, 2.45) is 0 Å². The van der Waals surface area contributed by atoms with E-state index in [1.165, 1.54) is 47.3 Å². The highest BCUT2D eigenvalue weighted by Gasteiger charge is 2.21. The van der Waals surface area contributed by atoms with Crippen molar-refractivity contribution < 1.29 is 18.1 Å². The van der Waals surface area contributed by atoms with Gasteiger partial charge >= 0.3 is 0 Å². The molecule has 7 heteroatoms. The number of hydrogen-bond acceptors (Lipinski definition) is 3. The minimum atomic E-state index is -3.47. The SMILES string of the molecule is CCN(CC)S(=O)(=O)c1ccc(C(=O)NCC[NH+]2CCCC2)cc1. The molecule has 1 aliphatic rings. The smallest absolute Gasteiger partial charge is 0.251 e. The van der Waals surface area contributed by atoms with E-state index in [4.69, 9.17) is 0 Å². The summed E-state index contributed by atoms with van der Waals surface area (Å²) >= 11 is 0. The van der Waals surface area contributed by atoms with Gasteiger partial charge in [0.15, 0.2) is 0 Å². The van der Waals surface area contributed by atoms with Crippen molar-refractivity contribution in [1.82, 2.24) is 9.62 Å². The molecule has 0 spiro atoms. The van der Waals surface area contributed by atoms with E-state index < -0.39 is 10.0 Å². The number of hydrogen-bond donors (Lipinski definition) is 2. The minimum Gasteiger partial charge on any atom is -0.346 e. The van der Waals surface area contributed by atoms with Crippen LogP contribution in [0.2, 0.25) is 0 Å². The maximum atomic E-state index is 12.4. The average Bonchev–Trinajstić information content (AvgIpc) is 3.09. The first-order chi connectivity index (χ1) is 11.5. The van der Waals surface area contributed by atoms with E-state index in [9.17, 15) is 13.2 Å². The molecule has 0 saturated carbocycles. The summed E-state index contributed by atoms with van der Waals surface area (Å²) in [5.74, 6) is -0.152. The zero-order valence-electron chi connectivity index (χ0n) is 14.5. The summed E-state index contributed by atoms with van der Waals surface area (Å²) in [5, 5.41) is 2.91. The third-order valence-electron chi connectivity index (χ3n) is 4.53. The zero-order chi connectivity index (χ0) is 17.6. The fourth-order valence-electron chi connectivity index (χ4n) is 3.07. The van der Waals surface area contributed by atoms with Gasteiger partial charge in [0.25, 0.3) is 5.91 Å². The summed E-state index contributed by atoms with van der Waals surface area (Å²) < 4.78 is 26.2. The molecule has 0 bridgehead atoms. The number of benzene rings is 1. The number of sulfonamides is 1. The molecule has 24 heavy (non-hydrogen) atoms. The number of amides is 1. The Labute approximate surface area is 144 Å². The summed E-state index contributed by atoms with van der Waals surface area (Å²) in [6.45, 7) is 8.45. The number of nitrogens with one attached hydrogen (secondary N) is 2. The number of carbonyl (C=O) groups is 1. The van der Waals surface area contributed by atoms with Crippen LogP contribution in [0.4, 0.5) is 0 Å². The first-order valence-electron chi connectivity index (χ1n) is 8.71. The molecular weight excluding hydrogens is 326 g/mol. The van der Waals surface area contributed by atoms with Gasteiger partial charge in [-0.25, -0.2) is 8.42 Å². The van der Waals surface area contributed by atoms with Gasteiger partial charge < -0.3 is 10.2 Å². The molecule has 1 fully saturated rings. The predicted octanol–water partition coefficient (Wildman–Crippen LogP) is 0.126. The van der Waals surface area contributed by atoms with Gasteiger partial charge in [-0.1, -0.05) is 13.8 Å². The van der Waals surface area contributed by atoms with Gasteiger partial charge in [0, 0.05) is 31.5 Å². The number of carbonyl (C=O) groups excluding carboxylic acids is 1. The molecule has 1 heterocycles. The highest BCUT2D eigenvalue weighted by Crippen LogP contribution is 2.16. The molecule has 0 atom stereocenters. The summed E-state index contributed by atoms with van der Waals surface area (Å²) in [7, 11) is -3.47. The van der Waals surface area contributed by atoms with Gasteiger partial charge in [0.2, 0.25) is 10.0 Å². The normalized spacial score (nSPS) is 15.8. The van der Waals surface area contributed by atoms with Crippen LogP contribution in [0.3, 0.4) is 0 Å². The van der Waals surface area contributed by atoms with Crippen molar-refractivity contribution in [3.05, 3.63) is 29.8 Å². The van der Waals surface area contributed by atoms with Crippen LogP contribution in [0.5, 0.6) is 0 Å². The number of likely N-dealkylation sites (tertiary alicyclic amines) is 1. The van der Waals surface area contributed by atoms with Gasteiger partial charge in [0.05, 0.1) is 31.1 Å². The van der Waals surface area contributed by atoms with E-state index in [0.29, 0.717) is 25.2 Å². The Morgan fingerprint density at radius 3 is 2.25 bits per heavy atom. The highest BCUT2D eigenvalue weighted by molar-refractivity contribution is 7.89. The molecule has 1 aliphatic heterocycles. The summed E-state index contributed by atoms with van der Waals surface area (Å²) in [5.41, 5.74) is 0.491. The van der Waals surface area contributed by atoms with Crippen LogP contribution < -0.4 is 10.2 Å². The van der Waals surface area contributed by atoms with Crippen molar-refractivity contribution in [1.29, 1.82) is 0 Å². The van der Waals surface area contributed by atoms with E-state index in [2.05, 4.69) is 5.32 Å². The van der Waals surface area contributed by atoms with Gasteiger partial charge in [-0.05, 0) is 24.3 Å².